The van der Waals surface area contributed by atoms with Gasteiger partial charge in [0.25, 0.3) is 11.6 Å². The van der Waals surface area contributed by atoms with Gasteiger partial charge in [0.05, 0.1) is 16.5 Å². The maximum Gasteiger partial charge on any atom is 0.419 e. The highest BCUT2D eigenvalue weighted by molar-refractivity contribution is 5.75. The Kier molecular flexibility index (Phi) is 6.05. The van der Waals surface area contributed by atoms with Crippen LogP contribution in [0, 0.1) is 10.1 Å². The summed E-state index contributed by atoms with van der Waals surface area (Å²) in [6.45, 7) is 3.84. The van der Waals surface area contributed by atoms with Crippen molar-refractivity contribution in [1.29, 1.82) is 0 Å². The third kappa shape index (κ3) is 4.68. The largest absolute Gasteiger partial charge is 0.453 e. The summed E-state index contributed by atoms with van der Waals surface area (Å²) in [5.74, 6) is -0.307. The van der Waals surface area contributed by atoms with Crippen molar-refractivity contribution in [3.05, 3.63) is 50.6 Å². The van der Waals surface area contributed by atoms with E-state index >= 15 is 0 Å². The minimum atomic E-state index is -0.668. The van der Waals surface area contributed by atoms with Crippen molar-refractivity contribution in [2.75, 3.05) is 0 Å². The molecule has 3 aromatic rings. The summed E-state index contributed by atoms with van der Waals surface area (Å²) in [6, 6.07) is 3.93. The molecule has 1 atom stereocenters. The molecule has 1 aromatic carbocycles. The molecular formula is C18H20N4O7. The number of oxazole rings is 1. The van der Waals surface area contributed by atoms with Gasteiger partial charge in [-0.05, 0) is 25.8 Å². The Hall–Kier alpha value is -3.50. The second-order valence-electron chi connectivity index (χ2n) is 6.46. The van der Waals surface area contributed by atoms with Gasteiger partial charge in [-0.15, -0.1) is 0 Å². The van der Waals surface area contributed by atoms with Gasteiger partial charge >= 0.3 is 11.7 Å². The second-order valence-corrected chi connectivity index (χ2v) is 6.46. The lowest BCUT2D eigenvalue weighted by atomic mass is 10.2. The standard InChI is InChI=1S/C18H20N4O7/c1-3-5-15-19-17(29-20-15)11(2)27-16(23)6-4-9-21-13-8-7-12(22(25)26)10-14(13)28-18(21)24/h7-8,10-11H,3-6,9H2,1-2H3. The van der Waals surface area contributed by atoms with Crippen LogP contribution in [0.25, 0.3) is 11.1 Å². The number of aryl methyl sites for hydroxylation is 2. The third-order valence-electron chi connectivity index (χ3n) is 4.24. The summed E-state index contributed by atoms with van der Waals surface area (Å²) >= 11 is 0. The molecule has 29 heavy (non-hydrogen) atoms. The van der Waals surface area contributed by atoms with Crippen LogP contribution < -0.4 is 5.76 Å². The molecule has 0 saturated carbocycles. The van der Waals surface area contributed by atoms with E-state index in [1.54, 1.807) is 6.92 Å². The van der Waals surface area contributed by atoms with Crippen molar-refractivity contribution in [3.63, 3.8) is 0 Å². The van der Waals surface area contributed by atoms with Crippen molar-refractivity contribution in [2.24, 2.45) is 0 Å². The molecule has 0 aliphatic carbocycles. The Morgan fingerprint density at radius 2 is 2.21 bits per heavy atom. The fourth-order valence-corrected chi connectivity index (χ4v) is 2.83. The number of nitro groups is 1. The number of aromatic nitrogens is 3. The van der Waals surface area contributed by atoms with Crippen molar-refractivity contribution in [3.8, 4) is 0 Å². The Morgan fingerprint density at radius 1 is 1.41 bits per heavy atom. The maximum atomic E-state index is 12.1. The number of non-ortho nitro benzene ring substituents is 1. The van der Waals surface area contributed by atoms with Gasteiger partial charge in [0.1, 0.15) is 0 Å². The van der Waals surface area contributed by atoms with E-state index in [-0.39, 0.29) is 30.1 Å². The lowest BCUT2D eigenvalue weighted by Gasteiger charge is -2.09. The van der Waals surface area contributed by atoms with Crippen LogP contribution in [0.5, 0.6) is 0 Å². The highest BCUT2D eigenvalue weighted by Crippen LogP contribution is 2.21. The number of carbonyl (C=O) groups excluding carboxylic acids is 1. The second kappa shape index (κ2) is 8.67. The number of hydrogen-bond acceptors (Lipinski definition) is 9. The molecular weight excluding hydrogens is 384 g/mol. The molecule has 0 fully saturated rings. The highest BCUT2D eigenvalue weighted by Gasteiger charge is 2.19. The smallest absolute Gasteiger partial charge is 0.419 e. The number of nitro benzene ring substituents is 1. The van der Waals surface area contributed by atoms with Crippen LogP contribution >= 0.6 is 0 Å². The van der Waals surface area contributed by atoms with Crippen LogP contribution in [0.1, 0.15) is 50.9 Å². The number of fused-ring (bicyclic) bond motifs is 1. The summed E-state index contributed by atoms with van der Waals surface area (Å²) in [7, 11) is 0. The molecule has 3 rings (SSSR count). The molecule has 0 amide bonds. The number of rotatable bonds is 9. The molecule has 1 unspecified atom stereocenters. The zero-order valence-corrected chi connectivity index (χ0v) is 16.0. The quantitative estimate of drug-likeness (QED) is 0.298. The van der Waals surface area contributed by atoms with Crippen molar-refractivity contribution in [1.82, 2.24) is 14.7 Å². The van der Waals surface area contributed by atoms with Gasteiger partial charge in [-0.3, -0.25) is 19.5 Å². The van der Waals surface area contributed by atoms with Gasteiger partial charge in [0.15, 0.2) is 17.5 Å². The van der Waals surface area contributed by atoms with Crippen LogP contribution in [0.2, 0.25) is 0 Å². The van der Waals surface area contributed by atoms with Gasteiger partial charge in [-0.1, -0.05) is 12.1 Å². The van der Waals surface area contributed by atoms with E-state index in [2.05, 4.69) is 10.1 Å². The topological polar surface area (TPSA) is 144 Å². The minimum Gasteiger partial charge on any atom is -0.453 e. The van der Waals surface area contributed by atoms with Crippen molar-refractivity contribution in [2.45, 2.75) is 52.2 Å². The Labute approximate surface area is 164 Å². The normalized spacial score (nSPS) is 12.2. The van der Waals surface area contributed by atoms with E-state index in [1.165, 1.54) is 22.8 Å². The molecule has 11 heteroatoms. The van der Waals surface area contributed by atoms with E-state index in [9.17, 15) is 19.7 Å². The fourth-order valence-electron chi connectivity index (χ4n) is 2.83. The summed E-state index contributed by atoms with van der Waals surface area (Å²) in [5, 5.41) is 14.6. The van der Waals surface area contributed by atoms with Crippen LogP contribution in [-0.2, 0) is 22.5 Å². The molecule has 0 bridgehead atoms. The van der Waals surface area contributed by atoms with Crippen LogP contribution in [0.4, 0.5) is 5.69 Å². The number of benzene rings is 1. The lowest BCUT2D eigenvalue weighted by molar-refractivity contribution is -0.384. The SMILES string of the molecule is CCCc1noc(C(C)OC(=O)CCCn2c(=O)oc3cc([N+](=O)[O-])ccc32)n1. The molecule has 154 valence electrons. The van der Waals surface area contributed by atoms with Crippen LogP contribution in [-0.4, -0.2) is 25.6 Å². The van der Waals surface area contributed by atoms with E-state index in [0.29, 0.717) is 24.2 Å². The Balaban J connectivity index is 1.56. The molecule has 11 nitrogen and oxygen atoms in total. The van der Waals surface area contributed by atoms with Gasteiger partial charge in [-0.2, -0.15) is 4.98 Å². The molecule has 0 spiro atoms. The Morgan fingerprint density at radius 3 is 2.93 bits per heavy atom. The van der Waals surface area contributed by atoms with Crippen LogP contribution in [0.15, 0.2) is 31.9 Å². The summed E-state index contributed by atoms with van der Waals surface area (Å²) in [6.07, 6.45) is 1.27. The number of carbonyl (C=O) groups is 1. The molecule has 0 aliphatic rings. The first-order chi connectivity index (χ1) is 13.9. The van der Waals surface area contributed by atoms with Gasteiger partial charge in [0.2, 0.25) is 0 Å². The first kappa shape index (κ1) is 20.2. The van der Waals surface area contributed by atoms with E-state index in [0.717, 1.165) is 6.42 Å². The number of esters is 1. The minimum absolute atomic E-state index is 0.0619. The molecule has 0 radical (unpaired) electrons. The highest BCUT2D eigenvalue weighted by atomic mass is 16.6. The average Bonchev–Trinajstić information content (AvgIpc) is 3.26. The molecule has 0 aliphatic heterocycles. The van der Waals surface area contributed by atoms with E-state index < -0.39 is 22.8 Å². The zero-order valence-electron chi connectivity index (χ0n) is 16.0. The first-order valence-corrected chi connectivity index (χ1v) is 9.18. The van der Waals surface area contributed by atoms with E-state index in [1.807, 2.05) is 6.92 Å². The maximum absolute atomic E-state index is 12.1. The third-order valence-corrected chi connectivity index (χ3v) is 4.24. The molecule has 0 N–H and O–H groups in total. The number of nitrogens with zero attached hydrogens (tertiary/aromatic N) is 4. The predicted octanol–water partition coefficient (Wildman–Crippen LogP) is 2.92. The molecule has 0 saturated heterocycles. The van der Waals surface area contributed by atoms with Crippen molar-refractivity contribution >= 4 is 22.8 Å². The summed E-state index contributed by atoms with van der Waals surface area (Å²) < 4.78 is 16.8. The summed E-state index contributed by atoms with van der Waals surface area (Å²) in [4.78, 5) is 38.5. The average molecular weight is 404 g/mol. The van der Waals surface area contributed by atoms with E-state index in [4.69, 9.17) is 13.7 Å². The van der Waals surface area contributed by atoms with Crippen molar-refractivity contribution < 1.29 is 23.4 Å². The summed E-state index contributed by atoms with van der Waals surface area (Å²) in [5.41, 5.74) is 0.385. The number of ether oxygens (including phenoxy) is 1. The van der Waals surface area contributed by atoms with Crippen LogP contribution in [0.3, 0.4) is 0 Å². The number of hydrogen-bond donors (Lipinski definition) is 0. The lowest BCUT2D eigenvalue weighted by Crippen LogP contribution is -2.16. The van der Waals surface area contributed by atoms with Gasteiger partial charge in [-0.25, -0.2) is 4.79 Å². The van der Waals surface area contributed by atoms with Gasteiger partial charge in [0, 0.05) is 25.5 Å². The molecule has 2 heterocycles. The first-order valence-electron chi connectivity index (χ1n) is 9.18. The molecule has 2 aromatic heterocycles. The Bertz CT molecular complexity index is 1080. The zero-order chi connectivity index (χ0) is 21.0. The van der Waals surface area contributed by atoms with Gasteiger partial charge < -0.3 is 13.7 Å². The fraction of sp³-hybridized carbons (Fsp3) is 0.444. The monoisotopic (exact) mass is 404 g/mol. The predicted molar refractivity (Wildman–Crippen MR) is 99.2 cm³/mol.